The average molecular weight is 463 g/mol. The van der Waals surface area contributed by atoms with Gasteiger partial charge in [-0.2, -0.15) is 0 Å². The van der Waals surface area contributed by atoms with Crippen molar-refractivity contribution in [3.05, 3.63) is 72.7 Å². The van der Waals surface area contributed by atoms with Crippen LogP contribution < -0.4 is 15.4 Å². The predicted molar refractivity (Wildman–Crippen MR) is 128 cm³/mol. The van der Waals surface area contributed by atoms with Gasteiger partial charge in [0.05, 0.1) is 17.3 Å². The van der Waals surface area contributed by atoms with Gasteiger partial charge in [-0.05, 0) is 49.7 Å². The fourth-order valence-corrected chi connectivity index (χ4v) is 3.44. The van der Waals surface area contributed by atoms with Gasteiger partial charge < -0.3 is 23.8 Å². The zero-order chi connectivity index (χ0) is 23.8. The number of para-hydroxylation sites is 2. The van der Waals surface area contributed by atoms with Crippen molar-refractivity contribution < 1.29 is 23.5 Å². The molecule has 2 N–H and O–H groups in total. The quantitative estimate of drug-likeness (QED) is 0.321. The molecule has 176 valence electrons. The van der Waals surface area contributed by atoms with Crippen molar-refractivity contribution in [2.24, 2.45) is 0 Å². The van der Waals surface area contributed by atoms with Crippen molar-refractivity contribution >= 4 is 34.5 Å². The Morgan fingerprint density at radius 2 is 1.94 bits per heavy atom. The van der Waals surface area contributed by atoms with Gasteiger partial charge in [-0.3, -0.25) is 14.9 Å². The van der Waals surface area contributed by atoms with E-state index < -0.39 is 0 Å². The Hall–Kier alpha value is -4.11. The van der Waals surface area contributed by atoms with E-state index in [0.29, 0.717) is 37.1 Å². The molecule has 0 unspecified atom stereocenters. The number of anilines is 2. The molecule has 0 aliphatic heterocycles. The highest BCUT2D eigenvalue weighted by Crippen LogP contribution is 2.21. The first kappa shape index (κ1) is 23.1. The minimum absolute atomic E-state index is 0.204. The number of benzene rings is 2. The maximum absolute atomic E-state index is 12.6. The van der Waals surface area contributed by atoms with Crippen LogP contribution in [-0.4, -0.2) is 41.2 Å². The summed E-state index contributed by atoms with van der Waals surface area (Å²) in [4.78, 5) is 29.3. The van der Waals surface area contributed by atoms with Crippen molar-refractivity contribution in [3.8, 4) is 5.75 Å². The van der Waals surface area contributed by atoms with Crippen molar-refractivity contribution in [2.75, 3.05) is 30.5 Å². The monoisotopic (exact) mass is 462 g/mol. The highest BCUT2D eigenvalue weighted by Gasteiger charge is 2.14. The zero-order valence-corrected chi connectivity index (χ0v) is 18.8. The summed E-state index contributed by atoms with van der Waals surface area (Å²) < 4.78 is 18.1. The lowest BCUT2D eigenvalue weighted by Gasteiger charge is -2.11. The van der Waals surface area contributed by atoms with Crippen LogP contribution in [0.1, 0.15) is 23.9 Å². The molecule has 0 saturated heterocycles. The van der Waals surface area contributed by atoms with Gasteiger partial charge in [-0.15, -0.1) is 0 Å². The Bertz CT molecular complexity index is 1250. The van der Waals surface area contributed by atoms with Crippen molar-refractivity contribution in [3.63, 3.8) is 0 Å². The Morgan fingerprint density at radius 1 is 1.06 bits per heavy atom. The summed E-state index contributed by atoms with van der Waals surface area (Å²) in [5, 5.41) is 5.57. The van der Waals surface area contributed by atoms with Gasteiger partial charge in [-0.1, -0.05) is 18.2 Å². The number of amides is 2. The summed E-state index contributed by atoms with van der Waals surface area (Å²) in [5.74, 6) is 0.396. The number of rotatable bonds is 11. The molecule has 0 bridgehead atoms. The van der Waals surface area contributed by atoms with Gasteiger partial charge >= 0.3 is 0 Å². The van der Waals surface area contributed by atoms with Crippen LogP contribution in [0.15, 0.2) is 71.3 Å². The van der Waals surface area contributed by atoms with Crippen LogP contribution in [0, 0.1) is 0 Å². The molecule has 0 spiro atoms. The number of aromatic nitrogens is 2. The van der Waals surface area contributed by atoms with Crippen LogP contribution in [-0.2, 0) is 16.1 Å². The molecular formula is C25H26N4O5. The van der Waals surface area contributed by atoms with Crippen LogP contribution in [0.2, 0.25) is 0 Å². The lowest BCUT2D eigenvalue weighted by Crippen LogP contribution is -2.22. The fraction of sp³-hybridized carbons (Fsp3) is 0.240. The number of nitrogens with zero attached hydrogens (tertiary/aromatic N) is 2. The maximum atomic E-state index is 12.6. The molecule has 34 heavy (non-hydrogen) atoms. The topological polar surface area (TPSA) is 108 Å². The summed E-state index contributed by atoms with van der Waals surface area (Å²) in [5.41, 5.74) is 2.26. The smallest absolute Gasteiger partial charge is 0.291 e. The molecule has 9 heteroatoms. The highest BCUT2D eigenvalue weighted by molar-refractivity contribution is 6.02. The van der Waals surface area contributed by atoms with E-state index in [1.54, 1.807) is 36.4 Å². The molecule has 4 rings (SSSR count). The number of nitrogens with one attached hydrogen (secondary N) is 2. The number of hydrogen-bond donors (Lipinski definition) is 2. The predicted octanol–water partition coefficient (Wildman–Crippen LogP) is 4.33. The number of imidazole rings is 1. The molecule has 0 aliphatic carbocycles. The molecule has 0 radical (unpaired) electrons. The molecule has 2 amide bonds. The van der Waals surface area contributed by atoms with Crippen LogP contribution in [0.4, 0.5) is 11.6 Å². The van der Waals surface area contributed by atoms with Gasteiger partial charge in [0.25, 0.3) is 11.8 Å². The molecule has 0 saturated carbocycles. The molecular weight excluding hydrogens is 436 g/mol. The molecule has 2 aromatic carbocycles. The van der Waals surface area contributed by atoms with E-state index in [0.717, 1.165) is 17.5 Å². The minimum atomic E-state index is -0.372. The van der Waals surface area contributed by atoms with Crippen LogP contribution in [0.3, 0.4) is 0 Å². The largest absolute Gasteiger partial charge is 0.484 e. The number of hydrogen-bond acceptors (Lipinski definition) is 6. The third-order valence-electron chi connectivity index (χ3n) is 4.99. The highest BCUT2D eigenvalue weighted by atomic mass is 16.5. The normalized spacial score (nSPS) is 10.9. The molecule has 9 nitrogen and oxygen atoms in total. The van der Waals surface area contributed by atoms with Gasteiger partial charge in [-0.25, -0.2) is 4.98 Å². The molecule has 0 atom stereocenters. The number of ether oxygens (including phenoxy) is 2. The summed E-state index contributed by atoms with van der Waals surface area (Å²) in [6.07, 6.45) is 2.23. The molecule has 2 heterocycles. The van der Waals surface area contributed by atoms with Gasteiger partial charge in [0.2, 0.25) is 5.95 Å². The second-order valence-electron chi connectivity index (χ2n) is 7.42. The summed E-state index contributed by atoms with van der Waals surface area (Å²) in [7, 11) is 0. The van der Waals surface area contributed by atoms with Gasteiger partial charge in [0, 0.05) is 31.5 Å². The second kappa shape index (κ2) is 11.2. The van der Waals surface area contributed by atoms with Crippen molar-refractivity contribution in [2.45, 2.75) is 19.9 Å². The lowest BCUT2D eigenvalue weighted by molar-refractivity contribution is -0.118. The molecule has 0 aliphatic rings. The van der Waals surface area contributed by atoms with Crippen LogP contribution >= 0.6 is 0 Å². The van der Waals surface area contributed by atoms with Crippen LogP contribution in [0.25, 0.3) is 11.0 Å². The third kappa shape index (κ3) is 5.81. The van der Waals surface area contributed by atoms with Crippen LogP contribution in [0.5, 0.6) is 5.75 Å². The molecule has 2 aromatic heterocycles. The first-order valence-corrected chi connectivity index (χ1v) is 11.0. The summed E-state index contributed by atoms with van der Waals surface area (Å²) in [6.45, 7) is 3.71. The van der Waals surface area contributed by atoms with E-state index in [1.807, 2.05) is 35.8 Å². The first-order valence-electron chi connectivity index (χ1n) is 11.0. The van der Waals surface area contributed by atoms with E-state index in [4.69, 9.17) is 13.9 Å². The Balaban J connectivity index is 1.37. The minimum Gasteiger partial charge on any atom is -0.484 e. The van der Waals surface area contributed by atoms with Gasteiger partial charge in [0.1, 0.15) is 5.75 Å². The molecule has 0 fully saturated rings. The van der Waals surface area contributed by atoms with E-state index in [-0.39, 0.29) is 24.2 Å². The SMILES string of the molecule is CCOCCCn1c(NC(=O)COc2cccc(NC(=O)c3ccco3)c2)nc2ccccc21. The lowest BCUT2D eigenvalue weighted by atomic mass is 10.3. The number of carbonyl (C=O) groups excluding carboxylic acids is 2. The Labute approximate surface area is 196 Å². The summed E-state index contributed by atoms with van der Waals surface area (Å²) in [6, 6.07) is 17.7. The third-order valence-corrected chi connectivity index (χ3v) is 4.99. The average Bonchev–Trinajstić information content (AvgIpc) is 3.49. The Kier molecular flexibility index (Phi) is 7.56. The standard InChI is InChI=1S/C25H26N4O5/c1-2-32-14-7-13-29-21-11-4-3-10-20(21)27-25(29)28-23(30)17-34-19-9-5-8-18(16-19)26-24(31)22-12-6-15-33-22/h3-6,8-12,15-16H,2,7,13-14,17H2,1H3,(H,26,31)(H,27,28,30). The van der Waals surface area contributed by atoms with Crippen molar-refractivity contribution in [1.29, 1.82) is 0 Å². The zero-order valence-electron chi connectivity index (χ0n) is 18.8. The fourth-order valence-electron chi connectivity index (χ4n) is 3.44. The first-order chi connectivity index (χ1) is 16.6. The van der Waals surface area contributed by atoms with E-state index in [2.05, 4.69) is 15.6 Å². The summed E-state index contributed by atoms with van der Waals surface area (Å²) >= 11 is 0. The number of carbonyl (C=O) groups is 2. The van der Waals surface area contributed by atoms with Gasteiger partial charge in [0.15, 0.2) is 12.4 Å². The van der Waals surface area contributed by atoms with E-state index >= 15 is 0 Å². The number of fused-ring (bicyclic) bond motifs is 1. The molecule has 4 aromatic rings. The Morgan fingerprint density at radius 3 is 2.76 bits per heavy atom. The van der Waals surface area contributed by atoms with E-state index in [9.17, 15) is 9.59 Å². The second-order valence-corrected chi connectivity index (χ2v) is 7.42. The van der Waals surface area contributed by atoms with E-state index in [1.165, 1.54) is 6.26 Å². The number of aryl methyl sites for hydroxylation is 1. The maximum Gasteiger partial charge on any atom is 0.291 e. The van der Waals surface area contributed by atoms with Crippen molar-refractivity contribution in [1.82, 2.24) is 9.55 Å². The number of furan rings is 1.